The summed E-state index contributed by atoms with van der Waals surface area (Å²) in [6.07, 6.45) is 1.35. The molecule has 7 heteroatoms. The van der Waals surface area contributed by atoms with Crippen LogP contribution in [0.1, 0.15) is 32.3 Å². The molecule has 3 rings (SSSR count). The molecule has 0 radical (unpaired) electrons. The number of thioether (sulfide) groups is 1. The van der Waals surface area contributed by atoms with E-state index in [0.29, 0.717) is 13.0 Å². The van der Waals surface area contributed by atoms with Crippen molar-refractivity contribution >= 4 is 56.0 Å². The summed E-state index contributed by atoms with van der Waals surface area (Å²) in [5.41, 5.74) is 2.17. The van der Waals surface area contributed by atoms with Crippen molar-refractivity contribution in [3.8, 4) is 0 Å². The number of carbonyl (C=O) groups is 1. The average molecular weight is 476 g/mol. The topological polar surface area (TPSA) is 36.4 Å². The summed E-state index contributed by atoms with van der Waals surface area (Å²) in [5, 5.41) is 1.55. The lowest BCUT2D eigenvalue weighted by atomic mass is 10.2. The van der Waals surface area contributed by atoms with Crippen molar-refractivity contribution in [1.29, 1.82) is 0 Å². The largest absolute Gasteiger partial charge is 0.302 e. The second-order valence-corrected chi connectivity index (χ2v) is 10.1. The molecule has 0 aliphatic heterocycles. The molecule has 1 aromatic heterocycles. The van der Waals surface area contributed by atoms with E-state index in [1.165, 1.54) is 10.5 Å². The molecule has 0 bridgehead atoms. The number of aromatic nitrogens is 1. The van der Waals surface area contributed by atoms with E-state index in [0.717, 1.165) is 52.2 Å². The summed E-state index contributed by atoms with van der Waals surface area (Å²) in [6.45, 7) is 9.89. The van der Waals surface area contributed by atoms with Crippen LogP contribution in [0, 0.1) is 6.92 Å². The molecule has 0 spiro atoms. The Hall–Kier alpha value is -1.60. The van der Waals surface area contributed by atoms with Crippen molar-refractivity contribution in [2.75, 3.05) is 36.8 Å². The number of anilines is 1. The quantitative estimate of drug-likeness (QED) is 0.234. The van der Waals surface area contributed by atoms with Crippen LogP contribution in [0.5, 0.6) is 0 Å². The van der Waals surface area contributed by atoms with Crippen molar-refractivity contribution in [2.24, 2.45) is 0 Å². The van der Waals surface area contributed by atoms with Gasteiger partial charge in [0.25, 0.3) is 0 Å². The number of fused-ring (bicyclic) bond motifs is 1. The van der Waals surface area contributed by atoms with Gasteiger partial charge in [-0.25, -0.2) is 4.98 Å². The van der Waals surface area contributed by atoms with Crippen LogP contribution in [0.25, 0.3) is 10.2 Å². The van der Waals surface area contributed by atoms with Gasteiger partial charge in [0, 0.05) is 29.4 Å². The fourth-order valence-electron chi connectivity index (χ4n) is 3.32. The second-order valence-electron chi connectivity index (χ2n) is 7.45. The monoisotopic (exact) mass is 475 g/mol. The summed E-state index contributed by atoms with van der Waals surface area (Å²) in [6, 6.07) is 14.1. The predicted molar refractivity (Wildman–Crippen MR) is 136 cm³/mol. The Balaban J connectivity index is 1.65. The molecule has 1 heterocycles. The average Bonchev–Trinajstić information content (AvgIpc) is 3.18. The van der Waals surface area contributed by atoms with Gasteiger partial charge in [0.1, 0.15) is 0 Å². The van der Waals surface area contributed by atoms with E-state index >= 15 is 0 Å². The number of amides is 1. The molecule has 0 atom stereocenters. The van der Waals surface area contributed by atoms with Gasteiger partial charge in [0.05, 0.1) is 10.2 Å². The van der Waals surface area contributed by atoms with Crippen LogP contribution < -0.4 is 4.90 Å². The first kappa shape index (κ1) is 24.1. The molecule has 0 aliphatic rings. The van der Waals surface area contributed by atoms with Crippen LogP contribution in [-0.4, -0.2) is 47.7 Å². The number of benzene rings is 2. The lowest BCUT2D eigenvalue weighted by Gasteiger charge is -2.24. The minimum atomic E-state index is 0.152. The zero-order valence-electron chi connectivity index (χ0n) is 18.4. The third-order valence-corrected chi connectivity index (χ3v) is 7.61. The Bertz CT molecular complexity index is 986. The first-order chi connectivity index (χ1) is 15.0. The van der Waals surface area contributed by atoms with Crippen LogP contribution in [0.15, 0.2) is 47.4 Å². The molecule has 0 saturated heterocycles. The highest BCUT2D eigenvalue weighted by Gasteiger charge is 2.20. The first-order valence-electron chi connectivity index (χ1n) is 10.8. The van der Waals surface area contributed by atoms with Crippen molar-refractivity contribution < 1.29 is 4.79 Å². The zero-order valence-corrected chi connectivity index (χ0v) is 20.8. The van der Waals surface area contributed by atoms with Gasteiger partial charge in [-0.15, -0.1) is 11.8 Å². The van der Waals surface area contributed by atoms with E-state index in [1.54, 1.807) is 23.1 Å². The van der Waals surface area contributed by atoms with Gasteiger partial charge in [-0.1, -0.05) is 42.9 Å². The van der Waals surface area contributed by atoms with E-state index in [-0.39, 0.29) is 5.91 Å². The van der Waals surface area contributed by atoms with Gasteiger partial charge >= 0.3 is 0 Å². The maximum Gasteiger partial charge on any atom is 0.228 e. The van der Waals surface area contributed by atoms with Gasteiger partial charge < -0.3 is 4.90 Å². The molecule has 0 unspecified atom stereocenters. The highest BCUT2D eigenvalue weighted by Crippen LogP contribution is 2.30. The summed E-state index contributed by atoms with van der Waals surface area (Å²) in [5.74, 6) is 1.05. The molecule has 0 saturated carbocycles. The summed E-state index contributed by atoms with van der Waals surface area (Å²) in [4.78, 5) is 23.4. The molecule has 4 nitrogen and oxygen atoms in total. The van der Waals surface area contributed by atoms with Crippen molar-refractivity contribution in [3.63, 3.8) is 0 Å². The van der Waals surface area contributed by atoms with Gasteiger partial charge in [0.15, 0.2) is 5.13 Å². The van der Waals surface area contributed by atoms with Crippen LogP contribution in [0.3, 0.4) is 0 Å². The van der Waals surface area contributed by atoms with E-state index in [9.17, 15) is 4.79 Å². The minimum Gasteiger partial charge on any atom is -0.302 e. The van der Waals surface area contributed by atoms with Crippen molar-refractivity contribution in [3.05, 3.63) is 53.1 Å². The first-order valence-corrected chi connectivity index (χ1v) is 13.0. The van der Waals surface area contributed by atoms with E-state index in [1.807, 2.05) is 35.2 Å². The number of rotatable bonds is 11. The highest BCUT2D eigenvalue weighted by molar-refractivity contribution is 7.99. The third-order valence-electron chi connectivity index (χ3n) is 5.22. The smallest absolute Gasteiger partial charge is 0.228 e. The number of likely N-dealkylation sites (N-methyl/N-ethyl adjacent to an activating group) is 1. The Morgan fingerprint density at radius 3 is 2.55 bits per heavy atom. The summed E-state index contributed by atoms with van der Waals surface area (Å²) < 4.78 is 1.13. The summed E-state index contributed by atoms with van der Waals surface area (Å²) >= 11 is 9.32. The van der Waals surface area contributed by atoms with Gasteiger partial charge in [-0.2, -0.15) is 0 Å². The lowest BCUT2D eigenvalue weighted by Crippen LogP contribution is -2.38. The number of aryl methyl sites for hydroxylation is 1. The lowest BCUT2D eigenvalue weighted by molar-refractivity contribution is -0.118. The fourth-order valence-corrected chi connectivity index (χ4v) is 5.41. The SMILES string of the molecule is CCN(CC)CCN(C(=O)CCCSc1ccc(Cl)cc1)c1nc2ccc(C)cc2s1. The number of hydrogen-bond acceptors (Lipinski definition) is 5. The number of nitrogens with zero attached hydrogens (tertiary/aromatic N) is 3. The Morgan fingerprint density at radius 1 is 1.10 bits per heavy atom. The molecule has 31 heavy (non-hydrogen) atoms. The fraction of sp³-hybridized carbons (Fsp3) is 0.417. The van der Waals surface area contributed by atoms with E-state index < -0.39 is 0 Å². The summed E-state index contributed by atoms with van der Waals surface area (Å²) in [7, 11) is 0. The normalized spacial score (nSPS) is 11.4. The Labute approximate surface area is 198 Å². The predicted octanol–water partition coefficient (Wildman–Crippen LogP) is 6.51. The number of carbonyl (C=O) groups excluding carboxylic acids is 1. The van der Waals surface area contributed by atoms with Gasteiger partial charge in [-0.05, 0) is 74.1 Å². The molecule has 0 aliphatic carbocycles. The molecular formula is C24H30ClN3OS2. The van der Waals surface area contributed by atoms with Crippen LogP contribution >= 0.6 is 34.7 Å². The second kappa shape index (κ2) is 11.9. The van der Waals surface area contributed by atoms with Crippen molar-refractivity contribution in [1.82, 2.24) is 9.88 Å². The maximum absolute atomic E-state index is 13.2. The molecule has 2 aromatic carbocycles. The van der Waals surface area contributed by atoms with E-state index in [4.69, 9.17) is 16.6 Å². The Morgan fingerprint density at radius 2 is 1.84 bits per heavy atom. The number of hydrogen-bond donors (Lipinski definition) is 0. The molecule has 0 N–H and O–H groups in total. The molecule has 1 amide bonds. The molecule has 3 aromatic rings. The van der Waals surface area contributed by atoms with Crippen molar-refractivity contribution in [2.45, 2.75) is 38.5 Å². The molecular weight excluding hydrogens is 446 g/mol. The maximum atomic E-state index is 13.2. The standard InChI is InChI=1S/C24H30ClN3OS2/c1-4-27(5-2)14-15-28(24-26-21-13-8-18(3)17-22(21)31-24)23(29)7-6-16-30-20-11-9-19(25)10-12-20/h8-13,17H,4-7,14-16H2,1-3H3. The Kier molecular flexibility index (Phi) is 9.20. The third kappa shape index (κ3) is 6.94. The highest BCUT2D eigenvalue weighted by atomic mass is 35.5. The minimum absolute atomic E-state index is 0.152. The molecule has 166 valence electrons. The zero-order chi connectivity index (χ0) is 22.2. The van der Waals surface area contributed by atoms with Crippen LogP contribution in [0.4, 0.5) is 5.13 Å². The number of thiazole rings is 1. The van der Waals surface area contributed by atoms with E-state index in [2.05, 4.69) is 37.8 Å². The van der Waals surface area contributed by atoms with Gasteiger partial charge in [-0.3, -0.25) is 9.69 Å². The number of halogens is 1. The van der Waals surface area contributed by atoms with Crippen LogP contribution in [-0.2, 0) is 4.79 Å². The molecule has 0 fully saturated rings. The van der Waals surface area contributed by atoms with Gasteiger partial charge in [0.2, 0.25) is 5.91 Å². The van der Waals surface area contributed by atoms with Crippen LogP contribution in [0.2, 0.25) is 5.02 Å².